The van der Waals surface area contributed by atoms with Crippen LogP contribution in [0.1, 0.15) is 21.8 Å². The van der Waals surface area contributed by atoms with Crippen molar-refractivity contribution < 1.29 is 19.1 Å². The highest BCUT2D eigenvalue weighted by Gasteiger charge is 2.19. The van der Waals surface area contributed by atoms with Crippen LogP contribution in [0.2, 0.25) is 5.02 Å². The summed E-state index contributed by atoms with van der Waals surface area (Å²) >= 11 is 7.35. The number of carbonyl (C=O) groups is 2. The molecule has 0 atom stereocenters. The predicted octanol–water partition coefficient (Wildman–Crippen LogP) is 4.81. The number of aryl methyl sites for hydroxylation is 1. The molecule has 0 unspecified atom stereocenters. The highest BCUT2D eigenvalue weighted by atomic mass is 35.5. The van der Waals surface area contributed by atoms with Gasteiger partial charge in [0, 0.05) is 21.7 Å². The maximum atomic E-state index is 12.4. The van der Waals surface area contributed by atoms with Gasteiger partial charge < -0.3 is 14.8 Å². The van der Waals surface area contributed by atoms with Crippen LogP contribution in [0.3, 0.4) is 0 Å². The van der Waals surface area contributed by atoms with Crippen molar-refractivity contribution in [1.82, 2.24) is 4.98 Å². The van der Waals surface area contributed by atoms with E-state index in [-0.39, 0.29) is 25.5 Å². The van der Waals surface area contributed by atoms with E-state index in [1.807, 2.05) is 31.2 Å². The third-order valence-corrected chi connectivity index (χ3v) is 5.68. The zero-order chi connectivity index (χ0) is 21.8. The average Bonchev–Trinajstić information content (AvgIpc) is 3.20. The Morgan fingerprint density at radius 2 is 2.03 bits per heavy atom. The Labute approximate surface area is 188 Å². The summed E-state index contributed by atoms with van der Waals surface area (Å²) in [5.74, 6) is 0.0508. The van der Waals surface area contributed by atoms with Crippen LogP contribution in [0.15, 0.2) is 53.4 Å². The lowest BCUT2D eigenvalue weighted by Gasteiger charge is -2.17. The molecule has 2 aromatic carbocycles. The number of carbonyl (C=O) groups excluding carboxylic acids is 2. The SMILES string of the molecule is Cc1ccc(NC(=O)Cc2nc(COC(=O)C3=Cc4cc(Cl)ccc4OC3)cs2)cc1. The van der Waals surface area contributed by atoms with Gasteiger partial charge in [-0.25, -0.2) is 9.78 Å². The Hall–Kier alpha value is -3.16. The molecule has 0 spiro atoms. The lowest BCUT2D eigenvalue weighted by Crippen LogP contribution is -2.17. The molecular formula is C23H19ClN2O4S. The summed E-state index contributed by atoms with van der Waals surface area (Å²) in [6.45, 7) is 2.14. The van der Waals surface area contributed by atoms with Crippen molar-refractivity contribution in [1.29, 1.82) is 0 Å². The van der Waals surface area contributed by atoms with E-state index in [9.17, 15) is 9.59 Å². The van der Waals surface area contributed by atoms with E-state index in [0.717, 1.165) is 16.8 Å². The Morgan fingerprint density at radius 1 is 1.23 bits per heavy atom. The fraction of sp³-hybridized carbons (Fsp3) is 0.174. The minimum atomic E-state index is -0.475. The van der Waals surface area contributed by atoms with Crippen LogP contribution in [0.25, 0.3) is 6.08 Å². The number of anilines is 1. The molecule has 0 radical (unpaired) electrons. The van der Waals surface area contributed by atoms with Crippen molar-refractivity contribution in [3.63, 3.8) is 0 Å². The monoisotopic (exact) mass is 454 g/mol. The topological polar surface area (TPSA) is 77.5 Å². The highest BCUT2D eigenvalue weighted by molar-refractivity contribution is 7.09. The quantitative estimate of drug-likeness (QED) is 0.541. The molecule has 0 saturated heterocycles. The average molecular weight is 455 g/mol. The second-order valence-electron chi connectivity index (χ2n) is 7.04. The van der Waals surface area contributed by atoms with Crippen LogP contribution in [0, 0.1) is 6.92 Å². The number of aromatic nitrogens is 1. The molecule has 0 saturated carbocycles. The Kier molecular flexibility index (Phi) is 6.34. The molecule has 0 fully saturated rings. The number of halogens is 1. The van der Waals surface area contributed by atoms with Crippen molar-refractivity contribution in [3.8, 4) is 5.75 Å². The number of amides is 1. The summed E-state index contributed by atoms with van der Waals surface area (Å²) in [5, 5.41) is 5.84. The third kappa shape index (κ3) is 5.51. The van der Waals surface area contributed by atoms with Crippen molar-refractivity contribution in [2.75, 3.05) is 11.9 Å². The molecule has 1 amide bonds. The molecule has 3 aromatic rings. The third-order valence-electron chi connectivity index (χ3n) is 4.54. The molecule has 0 aliphatic carbocycles. The first-order valence-electron chi connectivity index (χ1n) is 9.56. The van der Waals surface area contributed by atoms with E-state index in [0.29, 0.717) is 27.0 Å². The maximum absolute atomic E-state index is 12.4. The molecule has 2 heterocycles. The number of hydrogen-bond acceptors (Lipinski definition) is 6. The second-order valence-corrected chi connectivity index (χ2v) is 8.42. The number of fused-ring (bicyclic) bond motifs is 1. The number of nitrogens with one attached hydrogen (secondary N) is 1. The molecule has 0 bridgehead atoms. The summed E-state index contributed by atoms with van der Waals surface area (Å²) < 4.78 is 10.9. The Morgan fingerprint density at radius 3 is 2.84 bits per heavy atom. The van der Waals surface area contributed by atoms with E-state index in [4.69, 9.17) is 21.1 Å². The number of rotatable bonds is 6. The molecule has 8 heteroatoms. The number of esters is 1. The maximum Gasteiger partial charge on any atom is 0.337 e. The molecule has 1 N–H and O–H groups in total. The van der Waals surface area contributed by atoms with E-state index < -0.39 is 5.97 Å². The van der Waals surface area contributed by atoms with Crippen LogP contribution >= 0.6 is 22.9 Å². The highest BCUT2D eigenvalue weighted by Crippen LogP contribution is 2.29. The first-order chi connectivity index (χ1) is 15.0. The van der Waals surface area contributed by atoms with Gasteiger partial charge in [0.15, 0.2) is 0 Å². The Balaban J connectivity index is 1.30. The van der Waals surface area contributed by atoms with Gasteiger partial charge in [0.1, 0.15) is 24.0 Å². The van der Waals surface area contributed by atoms with Gasteiger partial charge >= 0.3 is 5.97 Å². The molecule has 1 aliphatic rings. The number of ether oxygens (including phenoxy) is 2. The normalized spacial score (nSPS) is 12.4. The van der Waals surface area contributed by atoms with E-state index in [2.05, 4.69) is 10.3 Å². The van der Waals surface area contributed by atoms with Crippen LogP contribution in [0.4, 0.5) is 5.69 Å². The van der Waals surface area contributed by atoms with Crippen LogP contribution in [0.5, 0.6) is 5.75 Å². The number of nitrogens with zero attached hydrogens (tertiary/aromatic N) is 1. The lowest BCUT2D eigenvalue weighted by molar-refractivity contribution is -0.140. The van der Waals surface area contributed by atoms with Gasteiger partial charge in [0.05, 0.1) is 17.7 Å². The van der Waals surface area contributed by atoms with Crippen LogP contribution in [-0.4, -0.2) is 23.5 Å². The summed E-state index contributed by atoms with van der Waals surface area (Å²) in [7, 11) is 0. The first kappa shape index (κ1) is 21.1. The zero-order valence-corrected chi connectivity index (χ0v) is 18.3. The van der Waals surface area contributed by atoms with E-state index in [1.54, 1.807) is 29.7 Å². The number of benzene rings is 2. The number of hydrogen-bond donors (Lipinski definition) is 1. The molecule has 158 valence electrons. The van der Waals surface area contributed by atoms with Gasteiger partial charge in [0.2, 0.25) is 5.91 Å². The Bertz CT molecular complexity index is 1150. The van der Waals surface area contributed by atoms with Gasteiger partial charge in [-0.15, -0.1) is 11.3 Å². The predicted molar refractivity (Wildman–Crippen MR) is 120 cm³/mol. The van der Waals surface area contributed by atoms with Crippen molar-refractivity contribution in [2.45, 2.75) is 20.0 Å². The lowest BCUT2D eigenvalue weighted by atomic mass is 10.1. The summed E-state index contributed by atoms with van der Waals surface area (Å²) in [6, 6.07) is 12.8. The second kappa shape index (κ2) is 9.32. The smallest absolute Gasteiger partial charge is 0.337 e. The fourth-order valence-electron chi connectivity index (χ4n) is 2.97. The molecule has 6 nitrogen and oxygen atoms in total. The molecule has 1 aromatic heterocycles. The summed E-state index contributed by atoms with van der Waals surface area (Å²) in [6.07, 6.45) is 1.87. The minimum absolute atomic E-state index is 0.0225. The standard InChI is InChI=1S/C23H19ClN2O4S/c1-14-2-5-18(6-3-14)25-21(27)10-22-26-19(13-31-22)12-30-23(28)16-8-15-9-17(24)4-7-20(15)29-11-16/h2-9,13H,10-12H2,1H3,(H,25,27). The van der Waals surface area contributed by atoms with Gasteiger partial charge in [-0.3, -0.25) is 4.79 Å². The molecule has 31 heavy (non-hydrogen) atoms. The van der Waals surface area contributed by atoms with Gasteiger partial charge in [-0.1, -0.05) is 29.3 Å². The van der Waals surface area contributed by atoms with Crippen molar-refractivity contribution in [3.05, 3.63) is 80.3 Å². The molecular weight excluding hydrogens is 436 g/mol. The van der Waals surface area contributed by atoms with Gasteiger partial charge in [0.25, 0.3) is 0 Å². The fourth-order valence-corrected chi connectivity index (χ4v) is 3.93. The summed E-state index contributed by atoms with van der Waals surface area (Å²) in [5.41, 5.74) is 3.61. The summed E-state index contributed by atoms with van der Waals surface area (Å²) in [4.78, 5) is 29.0. The van der Waals surface area contributed by atoms with E-state index >= 15 is 0 Å². The van der Waals surface area contributed by atoms with E-state index in [1.165, 1.54) is 11.3 Å². The molecule has 1 aliphatic heterocycles. The number of thiazole rings is 1. The van der Waals surface area contributed by atoms with Gasteiger partial charge in [-0.05, 0) is 43.3 Å². The largest absolute Gasteiger partial charge is 0.488 e. The van der Waals surface area contributed by atoms with Crippen molar-refractivity contribution >= 4 is 46.6 Å². The minimum Gasteiger partial charge on any atom is -0.488 e. The molecule has 4 rings (SSSR count). The van der Waals surface area contributed by atoms with Gasteiger partial charge in [-0.2, -0.15) is 0 Å². The van der Waals surface area contributed by atoms with Crippen molar-refractivity contribution in [2.24, 2.45) is 0 Å². The zero-order valence-electron chi connectivity index (χ0n) is 16.7. The first-order valence-corrected chi connectivity index (χ1v) is 10.8. The van der Waals surface area contributed by atoms with Crippen LogP contribution < -0.4 is 10.1 Å². The van der Waals surface area contributed by atoms with Crippen LogP contribution in [-0.2, 0) is 27.4 Å².